The van der Waals surface area contributed by atoms with Crippen molar-refractivity contribution in [2.75, 3.05) is 6.54 Å². The van der Waals surface area contributed by atoms with E-state index in [4.69, 9.17) is 5.73 Å². The number of hydrogen-bond acceptors (Lipinski definition) is 2. The van der Waals surface area contributed by atoms with E-state index in [1.807, 2.05) is 24.3 Å². The van der Waals surface area contributed by atoms with Gasteiger partial charge in [0.05, 0.1) is 0 Å². The molecule has 1 aliphatic rings. The van der Waals surface area contributed by atoms with Gasteiger partial charge in [0.15, 0.2) is 0 Å². The van der Waals surface area contributed by atoms with E-state index in [-0.39, 0.29) is 18.3 Å². The van der Waals surface area contributed by atoms with Gasteiger partial charge in [-0.2, -0.15) is 0 Å². The van der Waals surface area contributed by atoms with E-state index in [0.29, 0.717) is 12.0 Å². The predicted molar refractivity (Wildman–Crippen MR) is 85.3 cm³/mol. The van der Waals surface area contributed by atoms with Crippen molar-refractivity contribution >= 4 is 18.3 Å². The largest absolute Gasteiger partial charge is 0.352 e. The maximum absolute atomic E-state index is 12.2. The topological polar surface area (TPSA) is 55.1 Å². The molecule has 20 heavy (non-hydrogen) atoms. The van der Waals surface area contributed by atoms with Crippen LogP contribution in [0.1, 0.15) is 48.5 Å². The number of aryl methyl sites for hydroxylation is 1. The number of carbonyl (C=O) groups excluding carboxylic acids is 1. The molecule has 1 saturated carbocycles. The van der Waals surface area contributed by atoms with Gasteiger partial charge in [0.1, 0.15) is 0 Å². The maximum atomic E-state index is 12.2. The van der Waals surface area contributed by atoms with Crippen LogP contribution in [0.3, 0.4) is 0 Å². The normalized spacial score (nSPS) is 21.9. The van der Waals surface area contributed by atoms with Crippen LogP contribution in [0.5, 0.6) is 0 Å². The van der Waals surface area contributed by atoms with Gasteiger partial charge < -0.3 is 11.1 Å². The van der Waals surface area contributed by atoms with Crippen molar-refractivity contribution in [1.29, 1.82) is 0 Å². The lowest BCUT2D eigenvalue weighted by Gasteiger charge is -2.26. The second-order valence-corrected chi connectivity index (χ2v) is 5.51. The van der Waals surface area contributed by atoms with Crippen LogP contribution >= 0.6 is 12.4 Å². The zero-order valence-electron chi connectivity index (χ0n) is 12.1. The molecule has 1 amide bonds. The Labute approximate surface area is 127 Å². The Morgan fingerprint density at radius 2 is 2.10 bits per heavy atom. The monoisotopic (exact) mass is 296 g/mol. The molecule has 4 heteroatoms. The Hall–Kier alpha value is -1.06. The standard InChI is InChI=1S/C16H24N2O.ClH/c1-2-13-7-3-4-9-15(13)16(19)18-11-12-6-5-8-14(17)10-12;/h3-4,7,9,12,14H,2,5-6,8,10-11,17H2,1H3,(H,18,19);1H. The lowest BCUT2D eigenvalue weighted by Crippen LogP contribution is -2.35. The van der Waals surface area contributed by atoms with Gasteiger partial charge in [0.2, 0.25) is 0 Å². The van der Waals surface area contributed by atoms with Gasteiger partial charge in [0.25, 0.3) is 5.91 Å². The van der Waals surface area contributed by atoms with Crippen LogP contribution in [0.2, 0.25) is 0 Å². The zero-order valence-corrected chi connectivity index (χ0v) is 12.9. The molecular weight excluding hydrogens is 272 g/mol. The Morgan fingerprint density at radius 1 is 1.35 bits per heavy atom. The predicted octanol–water partition coefficient (Wildman–Crippen LogP) is 2.92. The highest BCUT2D eigenvalue weighted by molar-refractivity contribution is 5.95. The summed E-state index contributed by atoms with van der Waals surface area (Å²) < 4.78 is 0. The van der Waals surface area contributed by atoms with Gasteiger partial charge in [-0.3, -0.25) is 4.79 Å². The highest BCUT2D eigenvalue weighted by Gasteiger charge is 2.20. The van der Waals surface area contributed by atoms with Crippen molar-refractivity contribution < 1.29 is 4.79 Å². The molecule has 0 bridgehead atoms. The fourth-order valence-corrected chi connectivity index (χ4v) is 2.90. The number of carbonyl (C=O) groups is 1. The van der Waals surface area contributed by atoms with Crippen LogP contribution in [0, 0.1) is 5.92 Å². The van der Waals surface area contributed by atoms with Crippen molar-refractivity contribution in [2.24, 2.45) is 11.7 Å². The van der Waals surface area contributed by atoms with Gasteiger partial charge in [-0.25, -0.2) is 0 Å². The van der Waals surface area contributed by atoms with Crippen LogP contribution in [0.4, 0.5) is 0 Å². The van der Waals surface area contributed by atoms with Gasteiger partial charge in [-0.1, -0.05) is 31.5 Å². The molecule has 0 saturated heterocycles. The Kier molecular flexibility index (Phi) is 7.03. The first-order valence-electron chi connectivity index (χ1n) is 7.32. The quantitative estimate of drug-likeness (QED) is 0.897. The molecule has 1 fully saturated rings. The van der Waals surface area contributed by atoms with E-state index in [1.54, 1.807) is 0 Å². The van der Waals surface area contributed by atoms with Crippen LogP contribution in [-0.2, 0) is 6.42 Å². The van der Waals surface area contributed by atoms with Gasteiger partial charge in [0, 0.05) is 18.2 Å². The highest BCUT2D eigenvalue weighted by Crippen LogP contribution is 2.22. The van der Waals surface area contributed by atoms with Gasteiger partial charge in [-0.15, -0.1) is 12.4 Å². The fourth-order valence-electron chi connectivity index (χ4n) is 2.90. The van der Waals surface area contributed by atoms with E-state index >= 15 is 0 Å². The first-order chi connectivity index (χ1) is 9.20. The molecule has 3 N–H and O–H groups in total. The number of rotatable bonds is 4. The van der Waals surface area contributed by atoms with Crippen molar-refractivity contribution in [1.82, 2.24) is 5.32 Å². The lowest BCUT2D eigenvalue weighted by atomic mass is 9.86. The third-order valence-corrected chi connectivity index (χ3v) is 4.02. The number of benzene rings is 1. The molecule has 1 aliphatic carbocycles. The van der Waals surface area contributed by atoms with E-state index in [0.717, 1.165) is 36.9 Å². The first-order valence-corrected chi connectivity index (χ1v) is 7.32. The van der Waals surface area contributed by atoms with Crippen LogP contribution in [-0.4, -0.2) is 18.5 Å². The van der Waals surface area contributed by atoms with Crippen LogP contribution in [0.15, 0.2) is 24.3 Å². The number of amides is 1. The van der Waals surface area contributed by atoms with Crippen molar-refractivity contribution in [2.45, 2.75) is 45.1 Å². The minimum absolute atomic E-state index is 0. The molecule has 0 radical (unpaired) electrons. The Morgan fingerprint density at radius 3 is 2.80 bits per heavy atom. The number of nitrogens with one attached hydrogen (secondary N) is 1. The van der Waals surface area contributed by atoms with E-state index in [9.17, 15) is 4.79 Å². The maximum Gasteiger partial charge on any atom is 0.251 e. The smallest absolute Gasteiger partial charge is 0.251 e. The molecule has 0 aliphatic heterocycles. The van der Waals surface area contributed by atoms with E-state index < -0.39 is 0 Å². The van der Waals surface area contributed by atoms with Crippen molar-refractivity contribution in [3.8, 4) is 0 Å². The Bertz CT molecular complexity index is 436. The van der Waals surface area contributed by atoms with E-state index in [2.05, 4.69) is 12.2 Å². The van der Waals surface area contributed by atoms with Crippen LogP contribution in [0.25, 0.3) is 0 Å². The third kappa shape index (κ3) is 4.50. The fraction of sp³-hybridized carbons (Fsp3) is 0.562. The first kappa shape index (κ1) is 17.0. The van der Waals surface area contributed by atoms with Crippen molar-refractivity contribution in [3.05, 3.63) is 35.4 Å². The number of nitrogens with two attached hydrogens (primary N) is 1. The number of hydrogen-bond donors (Lipinski definition) is 2. The van der Waals surface area contributed by atoms with E-state index in [1.165, 1.54) is 12.8 Å². The molecule has 0 spiro atoms. The summed E-state index contributed by atoms with van der Waals surface area (Å²) in [5.74, 6) is 0.595. The third-order valence-electron chi connectivity index (χ3n) is 4.02. The number of halogens is 1. The summed E-state index contributed by atoms with van der Waals surface area (Å²) in [5, 5.41) is 3.07. The molecule has 0 aromatic heterocycles. The summed E-state index contributed by atoms with van der Waals surface area (Å²) in [5.41, 5.74) is 7.90. The minimum atomic E-state index is 0. The zero-order chi connectivity index (χ0) is 13.7. The average Bonchev–Trinajstić information content (AvgIpc) is 2.45. The SMILES string of the molecule is CCc1ccccc1C(=O)NCC1CCCC(N)C1.Cl. The summed E-state index contributed by atoms with van der Waals surface area (Å²) in [6.07, 6.45) is 5.42. The molecule has 1 aromatic rings. The summed E-state index contributed by atoms with van der Waals surface area (Å²) in [4.78, 5) is 12.2. The minimum Gasteiger partial charge on any atom is -0.352 e. The molecular formula is C16H25ClN2O. The second kappa shape index (κ2) is 8.28. The molecule has 2 unspecified atom stereocenters. The summed E-state index contributed by atoms with van der Waals surface area (Å²) in [7, 11) is 0. The summed E-state index contributed by atoms with van der Waals surface area (Å²) >= 11 is 0. The molecule has 112 valence electrons. The summed E-state index contributed by atoms with van der Waals surface area (Å²) in [6.45, 7) is 2.83. The van der Waals surface area contributed by atoms with Gasteiger partial charge in [-0.05, 0) is 43.2 Å². The van der Waals surface area contributed by atoms with Gasteiger partial charge >= 0.3 is 0 Å². The second-order valence-electron chi connectivity index (χ2n) is 5.51. The van der Waals surface area contributed by atoms with Crippen LogP contribution < -0.4 is 11.1 Å². The molecule has 2 atom stereocenters. The molecule has 2 rings (SSSR count). The van der Waals surface area contributed by atoms with Crippen molar-refractivity contribution in [3.63, 3.8) is 0 Å². The molecule has 1 aromatic carbocycles. The Balaban J connectivity index is 0.00000200. The molecule has 0 heterocycles. The highest BCUT2D eigenvalue weighted by atomic mass is 35.5. The molecule has 3 nitrogen and oxygen atoms in total. The summed E-state index contributed by atoms with van der Waals surface area (Å²) in [6, 6.07) is 8.14. The lowest BCUT2D eigenvalue weighted by molar-refractivity contribution is 0.0941. The average molecular weight is 297 g/mol.